The lowest BCUT2D eigenvalue weighted by molar-refractivity contribution is 0.440. The van der Waals surface area contributed by atoms with Crippen molar-refractivity contribution in [3.8, 4) is 5.75 Å². The Balaban J connectivity index is 2.03. The highest BCUT2D eigenvalue weighted by Crippen LogP contribution is 2.17. The molecule has 1 aromatic rings. The molecule has 0 spiro atoms. The van der Waals surface area contributed by atoms with E-state index in [4.69, 9.17) is 0 Å². The molecule has 0 radical (unpaired) electrons. The average Bonchev–Trinajstić information content (AvgIpc) is 2.49. The van der Waals surface area contributed by atoms with Crippen molar-refractivity contribution in [2.75, 3.05) is 0 Å². The van der Waals surface area contributed by atoms with E-state index in [1.165, 1.54) is 57.8 Å². The van der Waals surface area contributed by atoms with E-state index in [1.807, 2.05) is 18.2 Å². The SMILES string of the molecule is CCCCCCCCCCCCc1cccc(OS(=O)[O-])c1. The van der Waals surface area contributed by atoms with Crippen molar-refractivity contribution in [1.29, 1.82) is 0 Å². The van der Waals surface area contributed by atoms with E-state index in [0.29, 0.717) is 5.75 Å². The number of hydrogen-bond acceptors (Lipinski definition) is 3. The fraction of sp³-hybridized carbons (Fsp3) is 0.667. The summed E-state index contributed by atoms with van der Waals surface area (Å²) in [6, 6.07) is 7.34. The predicted octanol–water partition coefficient (Wildman–Crippen LogP) is 5.32. The van der Waals surface area contributed by atoms with Crippen molar-refractivity contribution >= 4 is 11.4 Å². The molecule has 0 saturated carbocycles. The Labute approximate surface area is 138 Å². The molecule has 0 aromatic heterocycles. The average molecular weight is 325 g/mol. The second-order valence-electron chi connectivity index (χ2n) is 5.87. The fourth-order valence-corrected chi connectivity index (χ4v) is 2.91. The first-order valence-corrected chi connectivity index (χ1v) is 9.59. The van der Waals surface area contributed by atoms with Crippen LogP contribution < -0.4 is 4.18 Å². The molecular weight excluding hydrogens is 296 g/mol. The summed E-state index contributed by atoms with van der Waals surface area (Å²) in [6.45, 7) is 2.25. The molecule has 126 valence electrons. The van der Waals surface area contributed by atoms with E-state index in [2.05, 4.69) is 11.1 Å². The highest BCUT2D eigenvalue weighted by Gasteiger charge is 1.98. The lowest BCUT2D eigenvalue weighted by Gasteiger charge is -2.08. The van der Waals surface area contributed by atoms with E-state index in [1.54, 1.807) is 6.07 Å². The third-order valence-corrected chi connectivity index (χ3v) is 4.21. The molecule has 22 heavy (non-hydrogen) atoms. The van der Waals surface area contributed by atoms with Gasteiger partial charge in [0.15, 0.2) is 0 Å². The summed E-state index contributed by atoms with van der Waals surface area (Å²) in [5, 5.41) is 0. The lowest BCUT2D eigenvalue weighted by Crippen LogP contribution is -1.98. The third-order valence-electron chi connectivity index (χ3n) is 3.88. The second kappa shape index (κ2) is 12.7. The van der Waals surface area contributed by atoms with Gasteiger partial charge in [-0.15, -0.1) is 0 Å². The summed E-state index contributed by atoms with van der Waals surface area (Å²) in [7, 11) is 0. The highest BCUT2D eigenvalue weighted by atomic mass is 32.2. The molecule has 0 bridgehead atoms. The minimum Gasteiger partial charge on any atom is -0.740 e. The second-order valence-corrected chi connectivity index (χ2v) is 6.44. The van der Waals surface area contributed by atoms with E-state index in [0.717, 1.165) is 18.4 Å². The molecule has 0 amide bonds. The molecule has 0 N–H and O–H groups in total. The van der Waals surface area contributed by atoms with Crippen molar-refractivity contribution < 1.29 is 12.9 Å². The van der Waals surface area contributed by atoms with Crippen LogP contribution in [0.4, 0.5) is 0 Å². The van der Waals surface area contributed by atoms with Gasteiger partial charge in [0.05, 0.1) is 0 Å². The molecule has 0 aliphatic carbocycles. The predicted molar refractivity (Wildman–Crippen MR) is 91.5 cm³/mol. The van der Waals surface area contributed by atoms with Crippen LogP contribution in [-0.2, 0) is 17.8 Å². The smallest absolute Gasteiger partial charge is 0.139 e. The molecule has 0 aliphatic rings. The normalized spacial score (nSPS) is 12.3. The van der Waals surface area contributed by atoms with E-state index in [-0.39, 0.29) is 0 Å². The van der Waals surface area contributed by atoms with E-state index < -0.39 is 11.4 Å². The van der Waals surface area contributed by atoms with Gasteiger partial charge in [-0.05, 0) is 30.5 Å². The molecular formula is C18H29O3S-. The van der Waals surface area contributed by atoms with Crippen molar-refractivity contribution in [2.45, 2.75) is 77.6 Å². The standard InChI is InChI=1S/C18H30O3S/c1-2-3-4-5-6-7-8-9-10-11-13-17-14-12-15-18(16-17)21-22(19)20/h12,14-16H,2-11,13H2,1H3,(H,19,20)/p-1. The molecule has 1 unspecified atom stereocenters. The Bertz CT molecular complexity index is 421. The van der Waals surface area contributed by atoms with Crippen LogP contribution >= 0.6 is 0 Å². The molecule has 0 heterocycles. The summed E-state index contributed by atoms with van der Waals surface area (Å²) in [4.78, 5) is 0. The van der Waals surface area contributed by atoms with Crippen LogP contribution in [0.3, 0.4) is 0 Å². The summed E-state index contributed by atoms with van der Waals surface area (Å²) in [5.74, 6) is 0.401. The summed E-state index contributed by atoms with van der Waals surface area (Å²) >= 11 is -2.49. The minimum atomic E-state index is -2.49. The van der Waals surface area contributed by atoms with Crippen molar-refractivity contribution in [3.63, 3.8) is 0 Å². The molecule has 1 rings (SSSR count). The van der Waals surface area contributed by atoms with Crippen LogP contribution in [0.5, 0.6) is 5.75 Å². The van der Waals surface area contributed by atoms with Gasteiger partial charge >= 0.3 is 0 Å². The third kappa shape index (κ3) is 9.96. The maximum atomic E-state index is 10.5. The number of hydrogen-bond donors (Lipinski definition) is 0. The number of aryl methyl sites for hydroxylation is 1. The maximum Gasteiger partial charge on any atom is 0.139 e. The van der Waals surface area contributed by atoms with Crippen molar-refractivity contribution in [1.82, 2.24) is 0 Å². The van der Waals surface area contributed by atoms with Crippen molar-refractivity contribution in [3.05, 3.63) is 29.8 Å². The molecule has 3 nitrogen and oxygen atoms in total. The topological polar surface area (TPSA) is 49.4 Å². The quantitative estimate of drug-likeness (QED) is 0.364. The summed E-state index contributed by atoms with van der Waals surface area (Å²) in [5.41, 5.74) is 1.14. The van der Waals surface area contributed by atoms with Crippen LogP contribution in [0.2, 0.25) is 0 Å². The van der Waals surface area contributed by atoms with Gasteiger partial charge < -0.3 is 8.74 Å². The van der Waals surface area contributed by atoms with E-state index >= 15 is 0 Å². The van der Waals surface area contributed by atoms with Gasteiger partial charge in [-0.1, -0.05) is 76.8 Å². The van der Waals surface area contributed by atoms with Crippen LogP contribution in [0, 0.1) is 0 Å². The number of benzene rings is 1. The molecule has 1 aromatic carbocycles. The van der Waals surface area contributed by atoms with Gasteiger partial charge in [0.1, 0.15) is 17.1 Å². The Morgan fingerprint density at radius 2 is 1.55 bits per heavy atom. The largest absolute Gasteiger partial charge is 0.740 e. The lowest BCUT2D eigenvalue weighted by atomic mass is 10.0. The van der Waals surface area contributed by atoms with Gasteiger partial charge in [0, 0.05) is 0 Å². The summed E-state index contributed by atoms with van der Waals surface area (Å²) in [6.07, 6.45) is 14.2. The monoisotopic (exact) mass is 325 g/mol. The highest BCUT2D eigenvalue weighted by molar-refractivity contribution is 7.74. The van der Waals surface area contributed by atoms with Gasteiger partial charge in [-0.3, -0.25) is 0 Å². The first kappa shape index (κ1) is 19.2. The summed E-state index contributed by atoms with van der Waals surface area (Å²) < 4.78 is 25.7. The molecule has 0 fully saturated rings. The van der Waals surface area contributed by atoms with Crippen LogP contribution in [0.1, 0.15) is 76.7 Å². The van der Waals surface area contributed by atoms with Gasteiger partial charge in [0.25, 0.3) is 0 Å². The Hall–Kier alpha value is -0.870. The number of unbranched alkanes of at least 4 members (excludes halogenated alkanes) is 9. The van der Waals surface area contributed by atoms with Gasteiger partial charge in [-0.25, -0.2) is 4.21 Å². The Morgan fingerprint density at radius 3 is 2.14 bits per heavy atom. The van der Waals surface area contributed by atoms with E-state index in [9.17, 15) is 8.76 Å². The molecule has 4 heteroatoms. The van der Waals surface area contributed by atoms with Crippen LogP contribution in [-0.4, -0.2) is 8.76 Å². The first-order valence-electron chi connectivity index (χ1n) is 8.59. The van der Waals surface area contributed by atoms with Crippen molar-refractivity contribution in [2.24, 2.45) is 0 Å². The Kier molecular flexibility index (Phi) is 11.0. The number of rotatable bonds is 13. The molecule has 0 aliphatic heterocycles. The van der Waals surface area contributed by atoms with Crippen LogP contribution in [0.25, 0.3) is 0 Å². The zero-order valence-electron chi connectivity index (χ0n) is 13.7. The minimum absolute atomic E-state index is 0.401. The van der Waals surface area contributed by atoms with Gasteiger partial charge in [0.2, 0.25) is 0 Å². The maximum absolute atomic E-state index is 10.5. The van der Waals surface area contributed by atoms with Gasteiger partial charge in [-0.2, -0.15) is 0 Å². The zero-order valence-corrected chi connectivity index (χ0v) is 14.5. The Morgan fingerprint density at radius 1 is 0.955 bits per heavy atom. The molecule has 0 saturated heterocycles. The zero-order chi connectivity index (χ0) is 16.0. The van der Waals surface area contributed by atoms with Crippen LogP contribution in [0.15, 0.2) is 24.3 Å². The first-order chi connectivity index (χ1) is 10.7. The molecule has 1 atom stereocenters. The fourth-order valence-electron chi connectivity index (χ4n) is 2.65.